The van der Waals surface area contributed by atoms with Crippen molar-refractivity contribution in [3.63, 3.8) is 0 Å². The second-order valence-corrected chi connectivity index (χ2v) is 5.09. The Kier molecular flexibility index (Phi) is 3.63. The highest BCUT2D eigenvalue weighted by atomic mass is 16.6. The first-order chi connectivity index (χ1) is 8.84. The summed E-state index contributed by atoms with van der Waals surface area (Å²) >= 11 is 0. The van der Waals surface area contributed by atoms with Crippen LogP contribution in [-0.4, -0.2) is 42.2 Å². The summed E-state index contributed by atoms with van der Waals surface area (Å²) in [6.45, 7) is 3.01. The van der Waals surface area contributed by atoms with E-state index in [0.717, 1.165) is 26.2 Å². The molecule has 0 spiro atoms. The van der Waals surface area contributed by atoms with Crippen LogP contribution < -0.4 is 5.32 Å². The van der Waals surface area contributed by atoms with Gasteiger partial charge in [0.15, 0.2) is 0 Å². The quantitative estimate of drug-likeness (QED) is 0.863. The molecule has 18 heavy (non-hydrogen) atoms. The van der Waals surface area contributed by atoms with E-state index in [0.29, 0.717) is 12.6 Å². The number of hydrogen-bond acceptors (Lipinski definition) is 4. The van der Waals surface area contributed by atoms with Crippen LogP contribution in [0.4, 0.5) is 0 Å². The van der Waals surface area contributed by atoms with E-state index in [1.807, 2.05) is 17.9 Å². The van der Waals surface area contributed by atoms with E-state index in [1.54, 1.807) is 0 Å². The first kappa shape index (κ1) is 12.1. The molecule has 1 fully saturated rings. The van der Waals surface area contributed by atoms with Crippen LogP contribution in [0.1, 0.15) is 30.1 Å². The van der Waals surface area contributed by atoms with Gasteiger partial charge in [-0.25, -0.2) is 0 Å². The van der Waals surface area contributed by atoms with Gasteiger partial charge in [-0.15, -0.1) is 0 Å². The second kappa shape index (κ2) is 5.38. The maximum Gasteiger partial charge on any atom is 0.0933 e. The van der Waals surface area contributed by atoms with Crippen molar-refractivity contribution in [1.29, 1.82) is 0 Å². The molecule has 0 bridgehead atoms. The number of nitrogens with zero attached hydrogens (tertiary/aromatic N) is 2. The van der Waals surface area contributed by atoms with Gasteiger partial charge in [0, 0.05) is 30.9 Å². The fourth-order valence-electron chi connectivity index (χ4n) is 2.85. The topological polar surface area (TPSA) is 48.3 Å². The summed E-state index contributed by atoms with van der Waals surface area (Å²) in [6, 6.07) is 0.424. The Morgan fingerprint density at radius 1 is 1.50 bits per heavy atom. The highest BCUT2D eigenvalue weighted by Gasteiger charge is 2.24. The number of aryl methyl sites for hydroxylation is 1. The van der Waals surface area contributed by atoms with E-state index in [4.69, 9.17) is 9.47 Å². The van der Waals surface area contributed by atoms with Crippen molar-refractivity contribution in [3.05, 3.63) is 17.5 Å². The van der Waals surface area contributed by atoms with Crippen molar-refractivity contribution in [2.75, 3.05) is 26.4 Å². The molecule has 0 amide bonds. The molecule has 1 N–H and O–H groups in total. The minimum Gasteiger partial charge on any atom is -0.376 e. The molecule has 0 radical (unpaired) electrons. The first-order valence-electron chi connectivity index (χ1n) is 6.78. The fourth-order valence-corrected chi connectivity index (χ4v) is 2.85. The number of ether oxygens (including phenoxy) is 2. The largest absolute Gasteiger partial charge is 0.376 e. The van der Waals surface area contributed by atoms with Crippen LogP contribution in [0.25, 0.3) is 0 Å². The molecular formula is C13H21N3O2. The molecule has 1 saturated heterocycles. The predicted molar refractivity (Wildman–Crippen MR) is 67.4 cm³/mol. The van der Waals surface area contributed by atoms with Crippen LogP contribution in [0.15, 0.2) is 6.20 Å². The maximum atomic E-state index is 5.65. The molecule has 3 rings (SSSR count). The molecule has 2 atom stereocenters. The van der Waals surface area contributed by atoms with Crippen molar-refractivity contribution in [1.82, 2.24) is 15.1 Å². The fraction of sp³-hybridized carbons (Fsp3) is 0.769. The number of hydrogen-bond donors (Lipinski definition) is 1. The summed E-state index contributed by atoms with van der Waals surface area (Å²) in [4.78, 5) is 0. The number of aromatic nitrogens is 2. The van der Waals surface area contributed by atoms with Crippen molar-refractivity contribution < 1.29 is 9.47 Å². The van der Waals surface area contributed by atoms with E-state index in [2.05, 4.69) is 10.4 Å². The normalized spacial score (nSPS) is 28.1. The van der Waals surface area contributed by atoms with Gasteiger partial charge in [-0.05, 0) is 19.3 Å². The van der Waals surface area contributed by atoms with Gasteiger partial charge in [0.05, 0.1) is 32.1 Å². The zero-order chi connectivity index (χ0) is 12.4. The minimum atomic E-state index is 0.195. The van der Waals surface area contributed by atoms with E-state index in [9.17, 15) is 0 Å². The highest BCUT2D eigenvalue weighted by Crippen LogP contribution is 2.29. The number of fused-ring (bicyclic) bond motifs is 1. The molecule has 1 aromatic heterocycles. The molecule has 2 unspecified atom stereocenters. The molecule has 2 heterocycles. The zero-order valence-electron chi connectivity index (χ0n) is 10.9. The van der Waals surface area contributed by atoms with Crippen LogP contribution in [0.3, 0.4) is 0 Å². The van der Waals surface area contributed by atoms with Crippen molar-refractivity contribution >= 4 is 0 Å². The Morgan fingerprint density at radius 3 is 3.28 bits per heavy atom. The molecule has 5 heteroatoms. The van der Waals surface area contributed by atoms with Gasteiger partial charge in [0.1, 0.15) is 0 Å². The summed E-state index contributed by atoms with van der Waals surface area (Å²) in [7, 11) is 2.03. The van der Waals surface area contributed by atoms with Crippen LogP contribution in [0.5, 0.6) is 0 Å². The molecule has 2 aliphatic rings. The maximum absolute atomic E-state index is 5.65. The van der Waals surface area contributed by atoms with Gasteiger partial charge in [0.2, 0.25) is 0 Å². The van der Waals surface area contributed by atoms with Gasteiger partial charge in [-0.3, -0.25) is 4.68 Å². The average Bonchev–Trinajstić information content (AvgIpc) is 2.80. The zero-order valence-corrected chi connectivity index (χ0v) is 10.9. The van der Waals surface area contributed by atoms with E-state index in [-0.39, 0.29) is 6.10 Å². The van der Waals surface area contributed by atoms with E-state index < -0.39 is 0 Å². The summed E-state index contributed by atoms with van der Waals surface area (Å²) in [6.07, 6.45) is 5.76. The highest BCUT2D eigenvalue weighted by molar-refractivity contribution is 5.24. The first-order valence-corrected chi connectivity index (χ1v) is 6.78. The van der Waals surface area contributed by atoms with Crippen LogP contribution in [0.2, 0.25) is 0 Å². The van der Waals surface area contributed by atoms with Gasteiger partial charge in [0.25, 0.3) is 0 Å². The van der Waals surface area contributed by atoms with Crippen LogP contribution in [-0.2, 0) is 22.9 Å². The van der Waals surface area contributed by atoms with E-state index in [1.165, 1.54) is 24.1 Å². The molecule has 5 nitrogen and oxygen atoms in total. The van der Waals surface area contributed by atoms with E-state index >= 15 is 0 Å². The average molecular weight is 251 g/mol. The molecule has 0 aromatic carbocycles. The monoisotopic (exact) mass is 251 g/mol. The summed E-state index contributed by atoms with van der Waals surface area (Å²) in [5.41, 5.74) is 2.74. The van der Waals surface area contributed by atoms with Gasteiger partial charge < -0.3 is 14.8 Å². The molecule has 0 saturated carbocycles. The summed E-state index contributed by atoms with van der Waals surface area (Å²) < 4.78 is 13.1. The Bertz CT molecular complexity index is 399. The number of nitrogens with one attached hydrogen (secondary N) is 1. The summed E-state index contributed by atoms with van der Waals surface area (Å²) in [5, 5.41) is 7.97. The Morgan fingerprint density at radius 2 is 2.44 bits per heavy atom. The van der Waals surface area contributed by atoms with Crippen molar-refractivity contribution in [2.45, 2.75) is 31.4 Å². The molecule has 1 aromatic rings. The lowest BCUT2D eigenvalue weighted by atomic mass is 9.93. The van der Waals surface area contributed by atoms with Crippen LogP contribution >= 0.6 is 0 Å². The predicted octanol–water partition coefficient (Wildman–Crippen LogP) is 0.802. The van der Waals surface area contributed by atoms with Crippen molar-refractivity contribution in [3.8, 4) is 0 Å². The SMILES string of the molecule is Cn1ncc2c1CCCC2NCC1COCCO1. The Hall–Kier alpha value is -0.910. The standard InChI is InChI=1S/C13H21N3O2/c1-16-13-4-2-3-12(11(13)8-15-16)14-7-10-9-17-5-6-18-10/h8,10,12,14H,2-7,9H2,1H3. The summed E-state index contributed by atoms with van der Waals surface area (Å²) in [5.74, 6) is 0. The lowest BCUT2D eigenvalue weighted by Gasteiger charge is -2.28. The smallest absolute Gasteiger partial charge is 0.0933 e. The second-order valence-electron chi connectivity index (χ2n) is 5.09. The van der Waals surface area contributed by atoms with Crippen LogP contribution in [0, 0.1) is 0 Å². The van der Waals surface area contributed by atoms with Crippen molar-refractivity contribution in [2.24, 2.45) is 7.05 Å². The Balaban J connectivity index is 1.60. The lowest BCUT2D eigenvalue weighted by Crippen LogP contribution is -2.39. The number of rotatable bonds is 3. The van der Waals surface area contributed by atoms with Gasteiger partial charge >= 0.3 is 0 Å². The van der Waals surface area contributed by atoms with Gasteiger partial charge in [-0.2, -0.15) is 5.10 Å². The third kappa shape index (κ3) is 2.43. The third-order valence-electron chi connectivity index (χ3n) is 3.85. The Labute approximate surface area is 107 Å². The molecule has 1 aliphatic carbocycles. The molecular weight excluding hydrogens is 230 g/mol. The third-order valence-corrected chi connectivity index (χ3v) is 3.85. The van der Waals surface area contributed by atoms with Gasteiger partial charge in [-0.1, -0.05) is 0 Å². The minimum absolute atomic E-state index is 0.195. The molecule has 100 valence electrons. The molecule has 1 aliphatic heterocycles. The lowest BCUT2D eigenvalue weighted by molar-refractivity contribution is -0.0872.